The third-order valence-electron chi connectivity index (χ3n) is 5.95. The van der Waals surface area contributed by atoms with Gasteiger partial charge in [-0.1, -0.05) is 12.5 Å². The molecule has 1 saturated carbocycles. The summed E-state index contributed by atoms with van der Waals surface area (Å²) in [5, 5.41) is 18.2. The summed E-state index contributed by atoms with van der Waals surface area (Å²) in [6.07, 6.45) is 15.7. The Hall–Kier alpha value is -1.84. The van der Waals surface area contributed by atoms with Crippen molar-refractivity contribution in [2.24, 2.45) is 5.92 Å². The Balaban J connectivity index is 1.84. The zero-order valence-corrected chi connectivity index (χ0v) is 14.1. The minimum atomic E-state index is 0.296. The topological polar surface area (TPSA) is 52.0 Å². The van der Waals surface area contributed by atoms with E-state index in [0.29, 0.717) is 11.5 Å². The van der Waals surface area contributed by atoms with Crippen LogP contribution in [0.3, 0.4) is 0 Å². The van der Waals surface area contributed by atoms with Crippen molar-refractivity contribution in [2.75, 3.05) is 7.05 Å². The Morgan fingerprint density at radius 2 is 1.70 bits per heavy atom. The van der Waals surface area contributed by atoms with Crippen molar-refractivity contribution >= 4 is 0 Å². The number of quaternary nitrogens is 1. The molecule has 3 aliphatic carbocycles. The lowest BCUT2D eigenvalue weighted by molar-refractivity contribution is -0.870. The fourth-order valence-electron chi connectivity index (χ4n) is 4.44. The van der Waals surface area contributed by atoms with Crippen LogP contribution in [0.15, 0.2) is 34.6 Å². The summed E-state index contributed by atoms with van der Waals surface area (Å²) < 4.78 is 0. The van der Waals surface area contributed by atoms with Crippen molar-refractivity contribution in [2.45, 2.75) is 63.8 Å². The second-order valence-electron chi connectivity index (χ2n) is 7.23. The Morgan fingerprint density at radius 1 is 1.00 bits per heavy atom. The maximum atomic E-state index is 9.11. The van der Waals surface area contributed by atoms with Gasteiger partial charge in [-0.05, 0) is 68.1 Å². The maximum absolute atomic E-state index is 9.11. The second-order valence-corrected chi connectivity index (χ2v) is 7.23. The van der Waals surface area contributed by atoms with Gasteiger partial charge < -0.3 is 4.90 Å². The highest BCUT2D eigenvalue weighted by molar-refractivity contribution is 5.49. The Labute approximate surface area is 139 Å². The molecule has 3 aliphatic rings. The standard InChI is InChI=1S/C20H25N3/c1-23(19-5-3-2-4-6-19)20-10-9-15-7-8-16(11-17(15)12-20)18(13-21)14-22/h11-12,15,19H,2-10H2,1H3/p+1/t15-/m1/s1. The van der Waals surface area contributed by atoms with Gasteiger partial charge in [0.15, 0.2) is 0 Å². The van der Waals surface area contributed by atoms with Crippen molar-refractivity contribution < 1.29 is 4.90 Å². The molecule has 0 amide bonds. The molecule has 3 rings (SSSR count). The SMILES string of the molecule is C[NH+](C1=CC2=CC(=C(C#N)C#N)CC[C@@H]2CC1)C1CCCCC1. The van der Waals surface area contributed by atoms with Crippen LogP contribution in [0.25, 0.3) is 0 Å². The lowest BCUT2D eigenvalue weighted by atomic mass is 9.77. The van der Waals surface area contributed by atoms with Crippen molar-refractivity contribution in [3.05, 3.63) is 34.6 Å². The molecule has 0 aromatic carbocycles. The number of nitrogens with zero attached hydrogens (tertiary/aromatic N) is 2. The van der Waals surface area contributed by atoms with Crippen molar-refractivity contribution in [3.8, 4) is 12.1 Å². The fraction of sp³-hybridized carbons (Fsp3) is 0.600. The van der Waals surface area contributed by atoms with Gasteiger partial charge in [-0.15, -0.1) is 0 Å². The van der Waals surface area contributed by atoms with E-state index in [2.05, 4.69) is 31.3 Å². The van der Waals surface area contributed by atoms with Gasteiger partial charge in [0.2, 0.25) is 0 Å². The molecule has 120 valence electrons. The molecule has 0 bridgehead atoms. The lowest BCUT2D eigenvalue weighted by Gasteiger charge is -2.34. The summed E-state index contributed by atoms with van der Waals surface area (Å²) in [5.74, 6) is 0.625. The largest absolute Gasteiger partial charge is 0.306 e. The molecular formula is C20H26N3+. The van der Waals surface area contributed by atoms with Gasteiger partial charge >= 0.3 is 0 Å². The Bertz CT molecular complexity index is 617. The van der Waals surface area contributed by atoms with Gasteiger partial charge in [-0.2, -0.15) is 10.5 Å². The van der Waals surface area contributed by atoms with Crippen molar-refractivity contribution in [1.82, 2.24) is 0 Å². The van der Waals surface area contributed by atoms with Crippen LogP contribution < -0.4 is 4.90 Å². The molecule has 0 spiro atoms. The van der Waals surface area contributed by atoms with Gasteiger partial charge in [0, 0.05) is 6.42 Å². The van der Waals surface area contributed by atoms with E-state index in [1.54, 1.807) is 4.90 Å². The number of nitriles is 2. The molecule has 1 unspecified atom stereocenters. The number of hydrogen-bond donors (Lipinski definition) is 1. The zero-order chi connectivity index (χ0) is 16.2. The zero-order valence-electron chi connectivity index (χ0n) is 14.1. The van der Waals surface area contributed by atoms with Gasteiger partial charge in [0.25, 0.3) is 0 Å². The molecule has 3 nitrogen and oxygen atoms in total. The fourth-order valence-corrected chi connectivity index (χ4v) is 4.44. The van der Waals surface area contributed by atoms with Crippen LogP contribution in [0.5, 0.6) is 0 Å². The normalized spacial score (nSPS) is 26.2. The lowest BCUT2D eigenvalue weighted by Crippen LogP contribution is -3.11. The molecule has 23 heavy (non-hydrogen) atoms. The Kier molecular flexibility index (Phi) is 4.99. The van der Waals surface area contributed by atoms with Crippen LogP contribution in [0.1, 0.15) is 57.8 Å². The molecule has 0 aromatic heterocycles. The van der Waals surface area contributed by atoms with Crippen molar-refractivity contribution in [3.63, 3.8) is 0 Å². The highest BCUT2D eigenvalue weighted by atomic mass is 15.1. The molecule has 0 aromatic rings. The number of nitrogens with one attached hydrogen (secondary N) is 1. The Morgan fingerprint density at radius 3 is 2.39 bits per heavy atom. The predicted octanol–water partition coefficient (Wildman–Crippen LogP) is 3.19. The first-order valence-electron chi connectivity index (χ1n) is 9.02. The van der Waals surface area contributed by atoms with E-state index >= 15 is 0 Å². The number of hydrogen-bond acceptors (Lipinski definition) is 2. The molecule has 0 saturated heterocycles. The molecule has 3 heteroatoms. The summed E-state index contributed by atoms with van der Waals surface area (Å²) in [4.78, 5) is 1.60. The molecule has 0 radical (unpaired) electrons. The second kappa shape index (κ2) is 7.16. The molecule has 2 atom stereocenters. The third kappa shape index (κ3) is 3.41. The van der Waals surface area contributed by atoms with Crippen LogP contribution in [-0.4, -0.2) is 13.1 Å². The highest BCUT2D eigenvalue weighted by Gasteiger charge is 2.30. The maximum Gasteiger partial charge on any atom is 0.132 e. The molecular weight excluding hydrogens is 282 g/mol. The summed E-state index contributed by atoms with van der Waals surface area (Å²) in [5.41, 5.74) is 4.11. The number of allylic oxidation sites excluding steroid dienone is 6. The summed E-state index contributed by atoms with van der Waals surface area (Å²) in [6.45, 7) is 0. The summed E-state index contributed by atoms with van der Waals surface area (Å²) >= 11 is 0. The first kappa shape index (κ1) is 16.0. The summed E-state index contributed by atoms with van der Waals surface area (Å²) in [7, 11) is 2.33. The van der Waals surface area contributed by atoms with Gasteiger partial charge in [-0.25, -0.2) is 0 Å². The smallest absolute Gasteiger partial charge is 0.132 e. The number of rotatable bonds is 2. The first-order valence-corrected chi connectivity index (χ1v) is 9.02. The van der Waals surface area contributed by atoms with E-state index in [4.69, 9.17) is 10.5 Å². The van der Waals surface area contributed by atoms with E-state index in [1.165, 1.54) is 56.2 Å². The van der Waals surface area contributed by atoms with Crippen molar-refractivity contribution in [1.29, 1.82) is 10.5 Å². The average Bonchev–Trinajstić information content (AvgIpc) is 2.62. The van der Waals surface area contributed by atoms with Crippen LogP contribution in [0.2, 0.25) is 0 Å². The van der Waals surface area contributed by atoms with Gasteiger partial charge in [0.05, 0.1) is 13.1 Å². The van der Waals surface area contributed by atoms with Crippen LogP contribution in [-0.2, 0) is 0 Å². The quantitative estimate of drug-likeness (QED) is 0.797. The third-order valence-corrected chi connectivity index (χ3v) is 5.95. The molecule has 0 heterocycles. The number of fused-ring (bicyclic) bond motifs is 1. The average molecular weight is 308 g/mol. The minimum Gasteiger partial charge on any atom is -0.306 e. The monoisotopic (exact) mass is 308 g/mol. The molecule has 0 aliphatic heterocycles. The van der Waals surface area contributed by atoms with Crippen LogP contribution in [0, 0.1) is 28.6 Å². The highest BCUT2D eigenvalue weighted by Crippen LogP contribution is 2.37. The van der Waals surface area contributed by atoms with Gasteiger partial charge in [0.1, 0.15) is 23.4 Å². The van der Waals surface area contributed by atoms with E-state index in [-0.39, 0.29) is 0 Å². The first-order chi connectivity index (χ1) is 11.2. The van der Waals surface area contributed by atoms with E-state index in [9.17, 15) is 0 Å². The van der Waals surface area contributed by atoms with Crippen LogP contribution >= 0.6 is 0 Å². The summed E-state index contributed by atoms with van der Waals surface area (Å²) in [6, 6.07) is 4.88. The van der Waals surface area contributed by atoms with E-state index in [1.807, 2.05) is 0 Å². The van der Waals surface area contributed by atoms with Gasteiger partial charge in [-0.3, -0.25) is 0 Å². The molecule has 1 N–H and O–H groups in total. The molecule has 1 fully saturated rings. The predicted molar refractivity (Wildman–Crippen MR) is 90.1 cm³/mol. The minimum absolute atomic E-state index is 0.296. The van der Waals surface area contributed by atoms with Crippen LogP contribution in [0.4, 0.5) is 0 Å². The van der Waals surface area contributed by atoms with E-state index < -0.39 is 0 Å². The van der Waals surface area contributed by atoms with E-state index in [0.717, 1.165) is 24.5 Å².